The molecule has 0 saturated heterocycles. The van der Waals surface area contributed by atoms with Crippen LogP contribution in [0.1, 0.15) is 46.2 Å². The normalized spacial score (nSPS) is 12.5. The van der Waals surface area contributed by atoms with Gasteiger partial charge in [-0.15, -0.1) is 0 Å². The van der Waals surface area contributed by atoms with Crippen molar-refractivity contribution in [3.05, 3.63) is 57.6 Å². The maximum Gasteiger partial charge on any atom is 0.125 e. The number of benzene rings is 2. The van der Waals surface area contributed by atoms with E-state index in [-0.39, 0.29) is 0 Å². The van der Waals surface area contributed by atoms with E-state index in [9.17, 15) is 0 Å². The molecule has 2 aromatic carbocycles. The zero-order valence-electron chi connectivity index (χ0n) is 15.5. The summed E-state index contributed by atoms with van der Waals surface area (Å²) in [6.07, 6.45) is 6.15. The van der Waals surface area contributed by atoms with Gasteiger partial charge >= 0.3 is 0 Å². The highest BCUT2D eigenvalue weighted by Crippen LogP contribution is 2.40. The molecule has 0 aliphatic heterocycles. The lowest BCUT2D eigenvalue weighted by Crippen LogP contribution is -2.13. The zero-order valence-corrected chi connectivity index (χ0v) is 18.7. The van der Waals surface area contributed by atoms with Gasteiger partial charge in [-0.3, -0.25) is 0 Å². The number of alkyl halides is 2. The lowest BCUT2D eigenvalue weighted by molar-refractivity contribution is 0.398. The molecule has 0 spiro atoms. The highest BCUT2D eigenvalue weighted by Gasteiger charge is 2.24. The summed E-state index contributed by atoms with van der Waals surface area (Å²) in [5, 5.41) is 2.03. The highest BCUT2D eigenvalue weighted by molar-refractivity contribution is 9.09. The smallest absolute Gasteiger partial charge is 0.125 e. The maximum atomic E-state index is 5.86. The summed E-state index contributed by atoms with van der Waals surface area (Å²) in [6.45, 7) is 0. The summed E-state index contributed by atoms with van der Waals surface area (Å²) in [5.41, 5.74) is 8.05. The first-order chi connectivity index (χ1) is 12.7. The predicted molar refractivity (Wildman–Crippen MR) is 116 cm³/mol. The molecule has 0 heterocycles. The third-order valence-corrected chi connectivity index (χ3v) is 6.30. The number of halogens is 2. The summed E-state index contributed by atoms with van der Waals surface area (Å²) in [7, 11) is 3.60. The molecule has 0 bridgehead atoms. The average Bonchev–Trinajstić information content (AvgIpc) is 2.68. The third-order valence-electron chi connectivity index (χ3n) is 5.18. The minimum atomic E-state index is 0.890. The average molecular weight is 482 g/mol. The molecule has 0 saturated carbocycles. The molecule has 3 rings (SSSR count). The third kappa shape index (κ3) is 3.96. The topological polar surface area (TPSA) is 18.5 Å². The van der Waals surface area contributed by atoms with Crippen molar-refractivity contribution in [3.8, 4) is 11.5 Å². The largest absolute Gasteiger partial charge is 0.496 e. The van der Waals surface area contributed by atoms with Crippen molar-refractivity contribution in [1.29, 1.82) is 0 Å². The lowest BCUT2D eigenvalue weighted by Gasteiger charge is -2.26. The molecule has 0 aromatic heterocycles. The second-order valence-electron chi connectivity index (χ2n) is 6.73. The second-order valence-corrected chi connectivity index (χ2v) is 8.32. The Kier molecular flexibility index (Phi) is 7.05. The number of aryl methyl sites for hydroxylation is 2. The fraction of sp³-hybridized carbons (Fsp3) is 0.455. The number of rotatable bonds is 8. The van der Waals surface area contributed by atoms with Crippen molar-refractivity contribution < 1.29 is 9.47 Å². The van der Waals surface area contributed by atoms with Gasteiger partial charge in [0.05, 0.1) is 14.2 Å². The molecule has 1 aliphatic rings. The standard InChI is InChI=1S/C22H26Br2O2/c1-25-21-15(5-3-11-23)7-9-17-13-18-10-8-16(6-4-12-24)22(26-2)20(18)14-19(17)21/h7-10H,3-6,11-14H2,1-2H3. The van der Waals surface area contributed by atoms with E-state index >= 15 is 0 Å². The minimum absolute atomic E-state index is 0.890. The molecule has 0 amide bonds. The molecule has 0 atom stereocenters. The summed E-state index contributed by atoms with van der Waals surface area (Å²) >= 11 is 7.07. The molecular formula is C22H26Br2O2. The van der Waals surface area contributed by atoms with Crippen molar-refractivity contribution in [2.24, 2.45) is 0 Å². The van der Waals surface area contributed by atoms with Crippen LogP contribution in [-0.2, 0) is 25.7 Å². The molecule has 1 aliphatic carbocycles. The van der Waals surface area contributed by atoms with Crippen molar-refractivity contribution in [2.45, 2.75) is 38.5 Å². The van der Waals surface area contributed by atoms with Gasteiger partial charge in [0.15, 0.2) is 0 Å². The van der Waals surface area contributed by atoms with Crippen LogP contribution in [0.4, 0.5) is 0 Å². The zero-order chi connectivity index (χ0) is 18.5. The van der Waals surface area contributed by atoms with E-state index in [1.165, 1.54) is 33.4 Å². The van der Waals surface area contributed by atoms with E-state index in [1.807, 2.05) is 0 Å². The Balaban J connectivity index is 2.01. The van der Waals surface area contributed by atoms with Gasteiger partial charge < -0.3 is 9.47 Å². The summed E-state index contributed by atoms with van der Waals surface area (Å²) in [4.78, 5) is 0. The molecule has 0 radical (unpaired) electrons. The Morgan fingerprint density at radius 3 is 1.58 bits per heavy atom. The van der Waals surface area contributed by atoms with Gasteiger partial charge in [-0.05, 0) is 54.4 Å². The molecule has 2 aromatic rings. The predicted octanol–water partition coefficient (Wildman–Crippen LogP) is 5.85. The van der Waals surface area contributed by atoms with E-state index < -0.39 is 0 Å². The van der Waals surface area contributed by atoms with Crippen LogP contribution in [0.3, 0.4) is 0 Å². The van der Waals surface area contributed by atoms with Crippen LogP contribution in [0.2, 0.25) is 0 Å². The van der Waals surface area contributed by atoms with E-state index in [2.05, 4.69) is 56.1 Å². The van der Waals surface area contributed by atoms with Crippen LogP contribution in [0.15, 0.2) is 24.3 Å². The van der Waals surface area contributed by atoms with Crippen molar-refractivity contribution in [1.82, 2.24) is 0 Å². The van der Waals surface area contributed by atoms with Crippen molar-refractivity contribution in [3.63, 3.8) is 0 Å². The summed E-state index contributed by atoms with van der Waals surface area (Å²) in [6, 6.07) is 9.06. The Labute approximate surface area is 173 Å². The number of hydrogen-bond acceptors (Lipinski definition) is 2. The van der Waals surface area contributed by atoms with E-state index in [0.29, 0.717) is 0 Å². The SMILES string of the molecule is COc1c(CCCBr)ccc2c1Cc1c(ccc(CCCBr)c1OC)C2. The van der Waals surface area contributed by atoms with Crippen molar-refractivity contribution >= 4 is 31.9 Å². The van der Waals surface area contributed by atoms with Gasteiger partial charge in [-0.2, -0.15) is 0 Å². The number of methoxy groups -OCH3 is 2. The van der Waals surface area contributed by atoms with E-state index in [0.717, 1.165) is 60.7 Å². The molecule has 2 nitrogen and oxygen atoms in total. The molecule has 0 unspecified atom stereocenters. The Morgan fingerprint density at radius 1 is 0.731 bits per heavy atom. The van der Waals surface area contributed by atoms with E-state index in [1.54, 1.807) is 14.2 Å². The molecule has 0 N–H and O–H groups in total. The van der Waals surface area contributed by atoms with Gasteiger partial charge in [0, 0.05) is 28.2 Å². The van der Waals surface area contributed by atoms with Gasteiger partial charge in [0.1, 0.15) is 11.5 Å². The van der Waals surface area contributed by atoms with Crippen molar-refractivity contribution in [2.75, 3.05) is 24.9 Å². The van der Waals surface area contributed by atoms with Crippen LogP contribution >= 0.6 is 31.9 Å². The molecule has 140 valence electrons. The number of ether oxygens (including phenoxy) is 2. The Hall–Kier alpha value is -1.00. The van der Waals surface area contributed by atoms with Crippen LogP contribution in [0.5, 0.6) is 11.5 Å². The second kappa shape index (κ2) is 9.27. The summed E-state index contributed by atoms with van der Waals surface area (Å²) < 4.78 is 11.7. The van der Waals surface area contributed by atoms with Gasteiger partial charge in [-0.25, -0.2) is 0 Å². The van der Waals surface area contributed by atoms with Gasteiger partial charge in [-0.1, -0.05) is 56.1 Å². The van der Waals surface area contributed by atoms with Gasteiger partial charge in [0.25, 0.3) is 0 Å². The maximum absolute atomic E-state index is 5.86. The van der Waals surface area contributed by atoms with Crippen LogP contribution < -0.4 is 9.47 Å². The molecule has 26 heavy (non-hydrogen) atoms. The van der Waals surface area contributed by atoms with Crippen LogP contribution in [0, 0.1) is 0 Å². The number of fused-ring (bicyclic) bond motifs is 2. The first-order valence-corrected chi connectivity index (χ1v) is 11.4. The minimum Gasteiger partial charge on any atom is -0.496 e. The first kappa shape index (κ1) is 19.8. The molecular weight excluding hydrogens is 456 g/mol. The quantitative estimate of drug-likeness (QED) is 0.375. The monoisotopic (exact) mass is 480 g/mol. The van der Waals surface area contributed by atoms with Crippen LogP contribution in [-0.4, -0.2) is 24.9 Å². The molecule has 0 fully saturated rings. The molecule has 4 heteroatoms. The number of hydrogen-bond donors (Lipinski definition) is 0. The summed E-state index contributed by atoms with van der Waals surface area (Å²) in [5.74, 6) is 2.14. The fourth-order valence-electron chi connectivity index (χ4n) is 3.95. The fourth-order valence-corrected chi connectivity index (χ4v) is 4.51. The lowest BCUT2D eigenvalue weighted by atomic mass is 9.82. The Morgan fingerprint density at radius 2 is 1.19 bits per heavy atom. The van der Waals surface area contributed by atoms with Crippen LogP contribution in [0.25, 0.3) is 0 Å². The Bertz CT molecular complexity index is 708. The highest BCUT2D eigenvalue weighted by atomic mass is 79.9. The van der Waals surface area contributed by atoms with E-state index in [4.69, 9.17) is 9.47 Å². The van der Waals surface area contributed by atoms with Gasteiger partial charge in [0.2, 0.25) is 0 Å². The first-order valence-electron chi connectivity index (χ1n) is 9.20.